The van der Waals surface area contributed by atoms with Gasteiger partial charge in [0.15, 0.2) is 0 Å². The lowest BCUT2D eigenvalue weighted by Crippen LogP contribution is -2.45. The molecule has 0 heterocycles. The highest BCUT2D eigenvalue weighted by molar-refractivity contribution is 6.74. The first kappa shape index (κ1) is 21.3. The lowest BCUT2D eigenvalue weighted by molar-refractivity contribution is 0.126. The zero-order valence-electron chi connectivity index (χ0n) is 16.9. The minimum absolute atomic E-state index is 0.120. The van der Waals surface area contributed by atoms with Gasteiger partial charge in [-0.15, -0.1) is 0 Å². The van der Waals surface area contributed by atoms with E-state index >= 15 is 0 Å². The van der Waals surface area contributed by atoms with Crippen LogP contribution in [0, 0.1) is 5.92 Å². The Morgan fingerprint density at radius 3 is 2.16 bits per heavy atom. The first-order chi connectivity index (χ1) is 11.4. The Labute approximate surface area is 153 Å². The monoisotopic (exact) mass is 366 g/mol. The number of rotatable bonds is 7. The maximum Gasteiger partial charge on any atom is 0.426 e. The summed E-state index contributed by atoms with van der Waals surface area (Å²) in [6.45, 7) is 17.1. The van der Waals surface area contributed by atoms with E-state index < -0.39 is 14.4 Å². The van der Waals surface area contributed by atoms with Gasteiger partial charge in [-0.3, -0.25) is 5.43 Å². The van der Waals surface area contributed by atoms with Gasteiger partial charge in [-0.25, -0.2) is 9.80 Å². The molecule has 1 aromatic carbocycles. The molecule has 0 fully saturated rings. The standard InChI is InChI=1S/C19H34N2O3Si/c1-9-14(2)15(3)21(18(22)23)20-16-10-12-17(13-11-16)24-25(7,8)19(4,5)6/h10-15,20H,9H2,1-8H3,(H,22,23). The Hall–Kier alpha value is -1.69. The highest BCUT2D eigenvalue weighted by Crippen LogP contribution is 2.37. The van der Waals surface area contributed by atoms with Crippen molar-refractivity contribution in [2.24, 2.45) is 5.92 Å². The van der Waals surface area contributed by atoms with E-state index in [0.717, 1.165) is 17.9 Å². The van der Waals surface area contributed by atoms with E-state index in [1.807, 2.05) is 31.2 Å². The molecule has 2 unspecified atom stereocenters. The van der Waals surface area contributed by atoms with Gasteiger partial charge in [0, 0.05) is 0 Å². The topological polar surface area (TPSA) is 61.8 Å². The van der Waals surface area contributed by atoms with Crippen molar-refractivity contribution >= 4 is 20.1 Å². The predicted molar refractivity (Wildman–Crippen MR) is 107 cm³/mol. The fourth-order valence-electron chi connectivity index (χ4n) is 2.10. The number of carboxylic acid groups (broad SMARTS) is 1. The molecule has 2 atom stereocenters. The van der Waals surface area contributed by atoms with Crippen LogP contribution in [0.25, 0.3) is 0 Å². The fourth-order valence-corrected chi connectivity index (χ4v) is 3.14. The molecule has 142 valence electrons. The van der Waals surface area contributed by atoms with Gasteiger partial charge >= 0.3 is 6.09 Å². The molecule has 0 aromatic heterocycles. The van der Waals surface area contributed by atoms with Crippen molar-refractivity contribution in [3.05, 3.63) is 24.3 Å². The Morgan fingerprint density at radius 2 is 1.76 bits per heavy atom. The Balaban J connectivity index is 2.86. The molecule has 1 rings (SSSR count). The van der Waals surface area contributed by atoms with E-state index in [9.17, 15) is 9.90 Å². The van der Waals surface area contributed by atoms with Crippen molar-refractivity contribution in [2.45, 2.75) is 72.1 Å². The van der Waals surface area contributed by atoms with E-state index in [1.165, 1.54) is 5.01 Å². The van der Waals surface area contributed by atoms with Gasteiger partial charge in [0.05, 0.1) is 11.7 Å². The van der Waals surface area contributed by atoms with Crippen LogP contribution < -0.4 is 9.85 Å². The summed E-state index contributed by atoms with van der Waals surface area (Å²) in [7, 11) is -1.88. The maximum absolute atomic E-state index is 11.6. The lowest BCUT2D eigenvalue weighted by Gasteiger charge is -2.36. The van der Waals surface area contributed by atoms with Crippen molar-refractivity contribution in [1.82, 2.24) is 5.01 Å². The van der Waals surface area contributed by atoms with Gasteiger partial charge < -0.3 is 9.53 Å². The molecular weight excluding hydrogens is 332 g/mol. The van der Waals surface area contributed by atoms with Crippen molar-refractivity contribution in [3.63, 3.8) is 0 Å². The molecule has 0 saturated carbocycles. The molecule has 0 spiro atoms. The average Bonchev–Trinajstić information content (AvgIpc) is 2.51. The van der Waals surface area contributed by atoms with Gasteiger partial charge in [-0.2, -0.15) is 0 Å². The summed E-state index contributed by atoms with van der Waals surface area (Å²) in [6.07, 6.45) is -0.0549. The number of nitrogens with zero attached hydrogens (tertiary/aromatic N) is 1. The molecule has 1 aromatic rings. The first-order valence-corrected chi connectivity index (χ1v) is 11.9. The Kier molecular flexibility index (Phi) is 6.94. The number of hydrazine groups is 1. The molecule has 0 aliphatic rings. The highest BCUT2D eigenvalue weighted by atomic mass is 28.4. The molecule has 1 amide bonds. The number of carbonyl (C=O) groups is 1. The molecule has 2 N–H and O–H groups in total. The van der Waals surface area contributed by atoms with Crippen molar-refractivity contribution in [2.75, 3.05) is 5.43 Å². The third-order valence-corrected chi connectivity index (χ3v) is 9.72. The number of anilines is 1. The SMILES string of the molecule is CCC(C)C(C)N(Nc1ccc(O[Si](C)(C)C(C)(C)C)cc1)C(=O)O. The summed E-state index contributed by atoms with van der Waals surface area (Å²) in [4.78, 5) is 11.6. The maximum atomic E-state index is 11.6. The second kappa shape index (κ2) is 8.12. The van der Waals surface area contributed by atoms with Crippen LogP contribution in [-0.2, 0) is 0 Å². The number of hydrogen-bond acceptors (Lipinski definition) is 3. The molecule has 0 bridgehead atoms. The van der Waals surface area contributed by atoms with Crippen LogP contribution in [0.2, 0.25) is 18.1 Å². The highest BCUT2D eigenvalue weighted by Gasteiger charge is 2.38. The van der Waals surface area contributed by atoms with Crippen LogP contribution in [0.15, 0.2) is 24.3 Å². The third kappa shape index (κ3) is 5.66. The van der Waals surface area contributed by atoms with Crippen LogP contribution in [0.1, 0.15) is 48.0 Å². The average molecular weight is 367 g/mol. The molecule has 6 heteroatoms. The minimum atomic E-state index is -1.88. The van der Waals surface area contributed by atoms with Gasteiger partial charge in [-0.1, -0.05) is 41.0 Å². The first-order valence-electron chi connectivity index (χ1n) is 8.97. The summed E-state index contributed by atoms with van der Waals surface area (Å²) >= 11 is 0. The van der Waals surface area contributed by atoms with E-state index in [1.54, 1.807) is 0 Å². The summed E-state index contributed by atoms with van der Waals surface area (Å²) < 4.78 is 6.26. The predicted octanol–water partition coefficient (Wildman–Crippen LogP) is 5.81. The fraction of sp³-hybridized carbons (Fsp3) is 0.632. The number of nitrogens with one attached hydrogen (secondary N) is 1. The number of hydrogen-bond donors (Lipinski definition) is 2. The third-order valence-electron chi connectivity index (χ3n) is 5.36. The van der Waals surface area contributed by atoms with E-state index in [2.05, 4.69) is 53.1 Å². The second-order valence-electron chi connectivity index (χ2n) is 8.28. The van der Waals surface area contributed by atoms with Crippen molar-refractivity contribution in [3.8, 4) is 5.75 Å². The van der Waals surface area contributed by atoms with Crippen LogP contribution in [0.4, 0.5) is 10.5 Å². The summed E-state index contributed by atoms with van der Waals surface area (Å²) in [5, 5.41) is 10.9. The molecule has 0 aliphatic heterocycles. The van der Waals surface area contributed by atoms with E-state index in [0.29, 0.717) is 0 Å². The van der Waals surface area contributed by atoms with Crippen LogP contribution in [-0.4, -0.2) is 30.6 Å². The van der Waals surface area contributed by atoms with E-state index in [-0.39, 0.29) is 17.0 Å². The van der Waals surface area contributed by atoms with Gasteiger partial charge in [0.1, 0.15) is 5.75 Å². The Bertz CT molecular complexity index is 567. The summed E-state index contributed by atoms with van der Waals surface area (Å²) in [5.41, 5.74) is 3.74. The second-order valence-corrected chi connectivity index (χ2v) is 13.0. The lowest BCUT2D eigenvalue weighted by atomic mass is 10.0. The largest absolute Gasteiger partial charge is 0.544 e. The zero-order chi connectivity index (χ0) is 19.4. The number of benzene rings is 1. The molecular formula is C19H34N2O3Si. The van der Waals surface area contributed by atoms with Gasteiger partial charge in [0.25, 0.3) is 0 Å². The minimum Gasteiger partial charge on any atom is -0.544 e. The van der Waals surface area contributed by atoms with Crippen LogP contribution in [0.5, 0.6) is 5.75 Å². The Morgan fingerprint density at radius 1 is 1.24 bits per heavy atom. The summed E-state index contributed by atoms with van der Waals surface area (Å²) in [5.74, 6) is 1.10. The van der Waals surface area contributed by atoms with Crippen LogP contribution >= 0.6 is 0 Å². The normalized spacial score (nSPS) is 14.6. The zero-order valence-corrected chi connectivity index (χ0v) is 17.9. The van der Waals surface area contributed by atoms with E-state index in [4.69, 9.17) is 4.43 Å². The smallest absolute Gasteiger partial charge is 0.426 e. The molecule has 0 aliphatic carbocycles. The molecule has 5 nitrogen and oxygen atoms in total. The van der Waals surface area contributed by atoms with Gasteiger partial charge in [0.2, 0.25) is 8.32 Å². The van der Waals surface area contributed by atoms with Crippen molar-refractivity contribution in [1.29, 1.82) is 0 Å². The quantitative estimate of drug-likeness (QED) is 0.472. The molecule has 25 heavy (non-hydrogen) atoms. The van der Waals surface area contributed by atoms with Crippen LogP contribution in [0.3, 0.4) is 0 Å². The molecule has 0 saturated heterocycles. The summed E-state index contributed by atoms with van der Waals surface area (Å²) in [6, 6.07) is 7.41. The van der Waals surface area contributed by atoms with Gasteiger partial charge in [-0.05, 0) is 55.2 Å². The van der Waals surface area contributed by atoms with Crippen molar-refractivity contribution < 1.29 is 14.3 Å². The molecule has 0 radical (unpaired) electrons. The number of amides is 1.